The molecule has 0 aliphatic carbocycles. The average Bonchev–Trinajstić information content (AvgIpc) is 2.22. The lowest BCUT2D eigenvalue weighted by Gasteiger charge is -2.53. The molecule has 2 fully saturated rings. The first-order valence-corrected chi connectivity index (χ1v) is 6.21. The fourth-order valence-electron chi connectivity index (χ4n) is 3.61. The topological polar surface area (TPSA) is 87.8 Å². The summed E-state index contributed by atoms with van der Waals surface area (Å²) in [5.41, 5.74) is -2.98. The zero-order valence-electron chi connectivity index (χ0n) is 11.7. The molecule has 0 aromatic carbocycles. The van der Waals surface area contributed by atoms with E-state index in [2.05, 4.69) is 5.32 Å². The monoisotopic (exact) mass is 257 g/mol. The number of carbonyl (C=O) groups excluding carboxylic acids is 1. The minimum Gasteiger partial charge on any atom is -0.436 e. The molecule has 0 radical (unpaired) electrons. The highest BCUT2D eigenvalue weighted by molar-refractivity contribution is 5.71. The highest BCUT2D eigenvalue weighted by Crippen LogP contribution is 2.48. The predicted octanol–water partition coefficient (Wildman–Crippen LogP) is 0.700. The van der Waals surface area contributed by atoms with Crippen molar-refractivity contribution in [2.24, 2.45) is 5.84 Å². The van der Waals surface area contributed by atoms with Gasteiger partial charge in [-0.25, -0.2) is 15.6 Å². The molecular formula is C12H23N3O3. The van der Waals surface area contributed by atoms with Gasteiger partial charge in [0.2, 0.25) is 0 Å². The Morgan fingerprint density at radius 2 is 1.67 bits per heavy atom. The first-order valence-electron chi connectivity index (χ1n) is 6.21. The molecule has 2 heterocycles. The lowest BCUT2D eigenvalue weighted by molar-refractivity contribution is -0.181. The summed E-state index contributed by atoms with van der Waals surface area (Å²) in [4.78, 5) is 11.7. The van der Waals surface area contributed by atoms with E-state index >= 15 is 0 Å². The third-order valence-electron chi connectivity index (χ3n) is 3.94. The smallest absolute Gasteiger partial charge is 0.427 e. The van der Waals surface area contributed by atoms with Crippen LogP contribution in [0.1, 0.15) is 47.5 Å². The lowest BCUT2D eigenvalue weighted by atomic mass is 9.69. The number of aliphatic hydroxyl groups is 1. The second-order valence-corrected chi connectivity index (χ2v) is 7.00. The summed E-state index contributed by atoms with van der Waals surface area (Å²) >= 11 is 0. The maximum Gasteiger partial charge on any atom is 0.427 e. The average molecular weight is 257 g/mol. The maximum atomic E-state index is 11.7. The molecule has 0 aromatic heterocycles. The normalized spacial score (nSPS) is 36.8. The van der Waals surface area contributed by atoms with Gasteiger partial charge in [0, 0.05) is 23.9 Å². The van der Waals surface area contributed by atoms with Gasteiger partial charge >= 0.3 is 6.09 Å². The molecule has 4 N–H and O–H groups in total. The molecule has 6 heteroatoms. The first-order chi connectivity index (χ1) is 7.91. The quantitative estimate of drug-likeness (QED) is 0.439. The molecular weight excluding hydrogens is 234 g/mol. The number of amides is 1. The SMILES string of the molecule is CC1(C)CC2(CC(C)(C)N1)OC(=O)N(N)[C@@]2(C)O. The predicted molar refractivity (Wildman–Crippen MR) is 66.4 cm³/mol. The number of nitrogens with one attached hydrogen (secondary N) is 1. The minimum atomic E-state index is -1.50. The number of carbonyl (C=O) groups is 1. The van der Waals surface area contributed by atoms with Crippen LogP contribution < -0.4 is 11.2 Å². The Balaban J connectivity index is 2.45. The van der Waals surface area contributed by atoms with Gasteiger partial charge in [-0.3, -0.25) is 0 Å². The molecule has 2 rings (SSSR count). The van der Waals surface area contributed by atoms with Crippen molar-refractivity contribution in [3.8, 4) is 0 Å². The van der Waals surface area contributed by atoms with E-state index in [0.717, 1.165) is 5.01 Å². The Bertz CT molecular complexity index is 374. The van der Waals surface area contributed by atoms with Crippen LogP contribution in [0.2, 0.25) is 0 Å². The number of hydrogen-bond acceptors (Lipinski definition) is 5. The van der Waals surface area contributed by atoms with Crippen molar-refractivity contribution in [1.29, 1.82) is 0 Å². The summed E-state index contributed by atoms with van der Waals surface area (Å²) in [6.07, 6.45) is 0.347. The van der Waals surface area contributed by atoms with Crippen molar-refractivity contribution in [2.45, 2.75) is 69.9 Å². The van der Waals surface area contributed by atoms with Crippen LogP contribution in [0.25, 0.3) is 0 Å². The Kier molecular flexibility index (Phi) is 2.54. The van der Waals surface area contributed by atoms with Gasteiger partial charge in [-0.15, -0.1) is 0 Å². The molecule has 0 unspecified atom stereocenters. The zero-order chi connectivity index (χ0) is 14.0. The molecule has 18 heavy (non-hydrogen) atoms. The third-order valence-corrected chi connectivity index (χ3v) is 3.94. The summed E-state index contributed by atoms with van der Waals surface area (Å²) in [6.45, 7) is 9.64. The fourth-order valence-corrected chi connectivity index (χ4v) is 3.61. The molecule has 0 saturated carbocycles. The van der Waals surface area contributed by atoms with Crippen molar-refractivity contribution in [3.05, 3.63) is 0 Å². The molecule has 6 nitrogen and oxygen atoms in total. The van der Waals surface area contributed by atoms with Gasteiger partial charge in [-0.1, -0.05) is 0 Å². The first kappa shape index (κ1) is 13.6. The number of rotatable bonds is 0. The molecule has 1 atom stereocenters. The van der Waals surface area contributed by atoms with Crippen LogP contribution in [0.15, 0.2) is 0 Å². The number of nitrogens with zero attached hydrogens (tertiary/aromatic N) is 1. The number of nitrogens with two attached hydrogens (primary N) is 1. The molecule has 2 aliphatic rings. The number of hydrogen-bond donors (Lipinski definition) is 3. The Labute approximate surface area is 107 Å². The van der Waals surface area contributed by atoms with Crippen molar-refractivity contribution in [3.63, 3.8) is 0 Å². The van der Waals surface area contributed by atoms with Gasteiger partial charge in [0.1, 0.15) is 0 Å². The lowest BCUT2D eigenvalue weighted by Crippen LogP contribution is -2.70. The van der Waals surface area contributed by atoms with Crippen LogP contribution in [-0.2, 0) is 4.74 Å². The van der Waals surface area contributed by atoms with Crippen LogP contribution in [0.5, 0.6) is 0 Å². The van der Waals surface area contributed by atoms with E-state index in [4.69, 9.17) is 10.6 Å². The molecule has 1 amide bonds. The van der Waals surface area contributed by atoms with E-state index < -0.39 is 17.4 Å². The second kappa shape index (κ2) is 3.37. The number of ether oxygens (including phenoxy) is 1. The Morgan fingerprint density at radius 3 is 2.00 bits per heavy atom. The molecule has 0 aromatic rings. The van der Waals surface area contributed by atoms with E-state index in [9.17, 15) is 9.90 Å². The summed E-state index contributed by atoms with van der Waals surface area (Å²) in [6, 6.07) is 0. The van der Waals surface area contributed by atoms with Gasteiger partial charge < -0.3 is 15.2 Å². The van der Waals surface area contributed by atoms with E-state index in [-0.39, 0.29) is 11.1 Å². The molecule has 1 spiro atoms. The van der Waals surface area contributed by atoms with Crippen molar-refractivity contribution in [1.82, 2.24) is 10.3 Å². The molecule has 2 aliphatic heterocycles. The second-order valence-electron chi connectivity index (χ2n) is 7.00. The summed E-state index contributed by atoms with van der Waals surface area (Å²) in [5, 5.41) is 14.9. The minimum absolute atomic E-state index is 0.253. The number of piperidine rings is 1. The van der Waals surface area contributed by atoms with Crippen molar-refractivity contribution >= 4 is 6.09 Å². The zero-order valence-corrected chi connectivity index (χ0v) is 11.7. The highest BCUT2D eigenvalue weighted by Gasteiger charge is 2.66. The Hall–Kier alpha value is -0.850. The van der Waals surface area contributed by atoms with Gasteiger partial charge in [-0.05, 0) is 34.6 Å². The maximum absolute atomic E-state index is 11.7. The van der Waals surface area contributed by atoms with Crippen molar-refractivity contribution in [2.75, 3.05) is 0 Å². The van der Waals surface area contributed by atoms with Gasteiger partial charge in [-0.2, -0.15) is 0 Å². The molecule has 104 valence electrons. The Morgan fingerprint density at radius 1 is 1.22 bits per heavy atom. The summed E-state index contributed by atoms with van der Waals surface area (Å²) in [5.74, 6) is 5.63. The van der Waals surface area contributed by atoms with E-state index in [1.807, 2.05) is 27.7 Å². The largest absolute Gasteiger partial charge is 0.436 e. The molecule has 2 saturated heterocycles. The van der Waals surface area contributed by atoms with Crippen LogP contribution in [0, 0.1) is 0 Å². The van der Waals surface area contributed by atoms with Crippen LogP contribution >= 0.6 is 0 Å². The van der Waals surface area contributed by atoms with Gasteiger partial charge in [0.25, 0.3) is 0 Å². The van der Waals surface area contributed by atoms with E-state index in [1.165, 1.54) is 6.92 Å². The van der Waals surface area contributed by atoms with Crippen molar-refractivity contribution < 1.29 is 14.6 Å². The molecule has 0 bridgehead atoms. The van der Waals surface area contributed by atoms with Crippen LogP contribution in [0.4, 0.5) is 4.79 Å². The standard InChI is InChI=1S/C12H23N3O3/c1-9(2)6-12(7-10(3,4)14-9)11(5,17)15(13)8(16)18-12/h14,17H,6-7,13H2,1-5H3/t11-/m0/s1. The number of hydrazine groups is 1. The summed E-state index contributed by atoms with van der Waals surface area (Å²) < 4.78 is 5.46. The van der Waals surface area contributed by atoms with Crippen LogP contribution in [-0.4, -0.2) is 38.6 Å². The van der Waals surface area contributed by atoms with E-state index in [0.29, 0.717) is 12.8 Å². The van der Waals surface area contributed by atoms with Gasteiger partial charge in [0.15, 0.2) is 11.3 Å². The van der Waals surface area contributed by atoms with Crippen LogP contribution in [0.3, 0.4) is 0 Å². The van der Waals surface area contributed by atoms with E-state index in [1.54, 1.807) is 0 Å². The fraction of sp³-hybridized carbons (Fsp3) is 0.917. The third kappa shape index (κ3) is 1.79. The highest BCUT2D eigenvalue weighted by atomic mass is 16.6. The van der Waals surface area contributed by atoms with Gasteiger partial charge in [0.05, 0.1) is 0 Å². The summed E-state index contributed by atoms with van der Waals surface area (Å²) in [7, 11) is 0.